The summed E-state index contributed by atoms with van der Waals surface area (Å²) in [5.74, 6) is -0.918. The number of nitrogens with one attached hydrogen (secondary N) is 1. The molecular formula is C18H21FN2O3S. The maximum Gasteiger partial charge on any atom is 0.244 e. The molecule has 25 heavy (non-hydrogen) atoms. The van der Waals surface area contributed by atoms with Gasteiger partial charge in [0, 0.05) is 0 Å². The molecule has 2 aromatic rings. The third kappa shape index (κ3) is 4.79. The van der Waals surface area contributed by atoms with Crippen molar-refractivity contribution in [3.63, 3.8) is 0 Å². The van der Waals surface area contributed by atoms with Crippen molar-refractivity contribution in [2.75, 3.05) is 10.6 Å². The minimum absolute atomic E-state index is 0.235. The van der Waals surface area contributed by atoms with Gasteiger partial charge in [0.1, 0.15) is 11.9 Å². The summed E-state index contributed by atoms with van der Waals surface area (Å²) in [5.41, 5.74) is 1.15. The molecule has 2 aromatic carbocycles. The molecule has 2 rings (SSSR count). The van der Waals surface area contributed by atoms with Crippen molar-refractivity contribution in [3.05, 3.63) is 66.0 Å². The normalized spacial score (nSPS) is 13.8. The van der Waals surface area contributed by atoms with E-state index in [1.807, 2.05) is 37.3 Å². The molecule has 5 nitrogen and oxygen atoms in total. The number of nitrogens with zero attached hydrogens (tertiary/aromatic N) is 1. The lowest BCUT2D eigenvalue weighted by atomic mass is 10.1. The smallest absolute Gasteiger partial charge is 0.244 e. The molecule has 7 heteroatoms. The third-order valence-electron chi connectivity index (χ3n) is 3.83. The molecule has 0 saturated carbocycles. The number of carbonyl (C=O) groups excluding carboxylic acids is 1. The molecule has 0 radical (unpaired) electrons. The first-order chi connectivity index (χ1) is 11.7. The van der Waals surface area contributed by atoms with Crippen LogP contribution in [-0.4, -0.2) is 26.6 Å². The fraction of sp³-hybridized carbons (Fsp3) is 0.278. The number of hydrogen-bond acceptors (Lipinski definition) is 3. The van der Waals surface area contributed by atoms with Crippen LogP contribution in [0.5, 0.6) is 0 Å². The Labute approximate surface area is 147 Å². The van der Waals surface area contributed by atoms with Gasteiger partial charge in [0.05, 0.1) is 18.0 Å². The summed E-state index contributed by atoms with van der Waals surface area (Å²) >= 11 is 0. The van der Waals surface area contributed by atoms with Crippen molar-refractivity contribution >= 4 is 21.6 Å². The van der Waals surface area contributed by atoms with Crippen LogP contribution >= 0.6 is 0 Å². The molecule has 0 aliphatic heterocycles. The zero-order valence-electron chi connectivity index (χ0n) is 14.3. The van der Waals surface area contributed by atoms with Crippen LogP contribution in [0.15, 0.2) is 54.6 Å². The fourth-order valence-electron chi connectivity index (χ4n) is 2.56. The Hall–Kier alpha value is -2.41. The summed E-state index contributed by atoms with van der Waals surface area (Å²) in [6, 6.07) is 13.1. The summed E-state index contributed by atoms with van der Waals surface area (Å²) < 4.78 is 38.4. The molecular weight excluding hydrogens is 343 g/mol. The summed E-state index contributed by atoms with van der Waals surface area (Å²) in [5, 5.41) is 2.81. The van der Waals surface area contributed by atoms with Crippen molar-refractivity contribution in [2.45, 2.75) is 25.9 Å². The Kier molecular flexibility index (Phi) is 5.79. The first kappa shape index (κ1) is 18.9. The lowest BCUT2D eigenvalue weighted by Gasteiger charge is -2.29. The highest BCUT2D eigenvalue weighted by atomic mass is 32.2. The molecule has 0 unspecified atom stereocenters. The van der Waals surface area contributed by atoms with Crippen molar-refractivity contribution in [1.29, 1.82) is 0 Å². The minimum atomic E-state index is -3.73. The van der Waals surface area contributed by atoms with Gasteiger partial charge in [-0.15, -0.1) is 0 Å². The van der Waals surface area contributed by atoms with Crippen molar-refractivity contribution in [2.24, 2.45) is 0 Å². The van der Waals surface area contributed by atoms with Gasteiger partial charge in [0.2, 0.25) is 15.9 Å². The van der Waals surface area contributed by atoms with Gasteiger partial charge in [-0.1, -0.05) is 30.3 Å². The lowest BCUT2D eigenvalue weighted by Crippen LogP contribution is -2.48. The summed E-state index contributed by atoms with van der Waals surface area (Å²) in [6.45, 7) is 3.32. The van der Waals surface area contributed by atoms with E-state index in [0.29, 0.717) is 0 Å². The molecule has 0 saturated heterocycles. The van der Waals surface area contributed by atoms with E-state index in [0.717, 1.165) is 28.3 Å². The molecule has 0 spiro atoms. The summed E-state index contributed by atoms with van der Waals surface area (Å²) in [6.07, 6.45) is 1.01. The van der Waals surface area contributed by atoms with Crippen LogP contribution in [0.3, 0.4) is 0 Å². The van der Waals surface area contributed by atoms with Gasteiger partial charge in [-0.2, -0.15) is 0 Å². The Balaban J connectivity index is 2.23. The quantitative estimate of drug-likeness (QED) is 0.857. The first-order valence-corrected chi connectivity index (χ1v) is 9.65. The molecule has 2 atom stereocenters. The largest absolute Gasteiger partial charge is 0.348 e. The van der Waals surface area contributed by atoms with E-state index >= 15 is 0 Å². The SMILES string of the molecule is C[C@@H](NC(=O)[C@H](C)N(c1ccc(F)cc1)S(C)(=O)=O)c1ccccc1. The maximum absolute atomic E-state index is 13.1. The highest BCUT2D eigenvalue weighted by molar-refractivity contribution is 7.92. The van der Waals surface area contributed by atoms with Gasteiger partial charge in [0.25, 0.3) is 0 Å². The average Bonchev–Trinajstić information content (AvgIpc) is 2.56. The Morgan fingerprint density at radius 2 is 1.60 bits per heavy atom. The fourth-order valence-corrected chi connectivity index (χ4v) is 3.73. The number of hydrogen-bond donors (Lipinski definition) is 1. The molecule has 0 fully saturated rings. The van der Waals surface area contributed by atoms with Crippen LogP contribution < -0.4 is 9.62 Å². The number of rotatable bonds is 6. The second kappa shape index (κ2) is 7.65. The van der Waals surface area contributed by atoms with E-state index in [-0.39, 0.29) is 11.7 Å². The van der Waals surface area contributed by atoms with E-state index in [1.54, 1.807) is 0 Å². The number of amides is 1. The Bertz CT molecular complexity index is 823. The second-order valence-corrected chi connectivity index (χ2v) is 7.71. The van der Waals surface area contributed by atoms with E-state index in [4.69, 9.17) is 0 Å². The van der Waals surface area contributed by atoms with Gasteiger partial charge < -0.3 is 5.32 Å². The number of carbonyl (C=O) groups is 1. The van der Waals surface area contributed by atoms with Gasteiger partial charge >= 0.3 is 0 Å². The molecule has 1 N–H and O–H groups in total. The van der Waals surface area contributed by atoms with E-state index < -0.39 is 27.8 Å². The summed E-state index contributed by atoms with van der Waals surface area (Å²) in [7, 11) is -3.73. The number of halogens is 1. The Morgan fingerprint density at radius 1 is 1.04 bits per heavy atom. The number of benzene rings is 2. The third-order valence-corrected chi connectivity index (χ3v) is 5.07. The monoisotopic (exact) mass is 364 g/mol. The predicted molar refractivity (Wildman–Crippen MR) is 96.2 cm³/mol. The van der Waals surface area contributed by atoms with Gasteiger partial charge in [-0.25, -0.2) is 12.8 Å². The van der Waals surface area contributed by atoms with Crippen molar-refractivity contribution in [1.82, 2.24) is 5.32 Å². The first-order valence-electron chi connectivity index (χ1n) is 7.80. The molecule has 0 heterocycles. The van der Waals surface area contributed by atoms with Crippen LogP contribution in [0.25, 0.3) is 0 Å². The zero-order valence-corrected chi connectivity index (χ0v) is 15.1. The van der Waals surface area contributed by atoms with Crippen LogP contribution in [-0.2, 0) is 14.8 Å². The van der Waals surface area contributed by atoms with Crippen molar-refractivity contribution < 1.29 is 17.6 Å². The molecule has 0 aliphatic rings. The van der Waals surface area contributed by atoms with Gasteiger partial charge in [-0.05, 0) is 43.7 Å². The topological polar surface area (TPSA) is 66.5 Å². The molecule has 134 valence electrons. The van der Waals surface area contributed by atoms with Crippen LogP contribution in [0, 0.1) is 5.82 Å². The molecule has 0 aromatic heterocycles. The lowest BCUT2D eigenvalue weighted by molar-refractivity contribution is -0.122. The second-order valence-electron chi connectivity index (χ2n) is 5.85. The van der Waals surface area contributed by atoms with E-state index in [2.05, 4.69) is 5.32 Å². The maximum atomic E-state index is 13.1. The summed E-state index contributed by atoms with van der Waals surface area (Å²) in [4.78, 5) is 12.6. The van der Waals surface area contributed by atoms with Gasteiger partial charge in [-0.3, -0.25) is 9.10 Å². The van der Waals surface area contributed by atoms with E-state index in [1.165, 1.54) is 19.1 Å². The molecule has 0 aliphatic carbocycles. The Morgan fingerprint density at radius 3 is 2.12 bits per heavy atom. The van der Waals surface area contributed by atoms with Crippen molar-refractivity contribution in [3.8, 4) is 0 Å². The highest BCUT2D eigenvalue weighted by Gasteiger charge is 2.29. The molecule has 0 bridgehead atoms. The van der Waals surface area contributed by atoms with Crippen LogP contribution in [0.1, 0.15) is 25.5 Å². The highest BCUT2D eigenvalue weighted by Crippen LogP contribution is 2.22. The zero-order chi connectivity index (χ0) is 18.6. The predicted octanol–water partition coefficient (Wildman–Crippen LogP) is 2.86. The van der Waals surface area contributed by atoms with Crippen LogP contribution in [0.4, 0.5) is 10.1 Å². The average molecular weight is 364 g/mol. The number of anilines is 1. The van der Waals surface area contributed by atoms with Crippen LogP contribution in [0.2, 0.25) is 0 Å². The standard InChI is InChI=1S/C18H21FN2O3S/c1-13(15-7-5-4-6-8-15)20-18(22)14(2)21(25(3,23)24)17-11-9-16(19)10-12-17/h4-14H,1-3H3,(H,20,22)/t13-,14+/m1/s1. The van der Waals surface area contributed by atoms with Gasteiger partial charge in [0.15, 0.2) is 0 Å². The minimum Gasteiger partial charge on any atom is -0.348 e. The number of sulfonamides is 1. The van der Waals surface area contributed by atoms with E-state index in [9.17, 15) is 17.6 Å². The molecule has 1 amide bonds.